The molecule has 0 atom stereocenters. The molecule has 220 valence electrons. The lowest BCUT2D eigenvalue weighted by molar-refractivity contribution is 0.0828. The summed E-state index contributed by atoms with van der Waals surface area (Å²) < 4.78 is 13.7. The van der Waals surface area contributed by atoms with Crippen molar-refractivity contribution in [1.82, 2.24) is 24.3 Å². The molecular weight excluding hydrogens is 530 g/mol. The number of benzene rings is 2. The zero-order chi connectivity index (χ0) is 29.1. The molecule has 4 aromatic rings. The quantitative estimate of drug-likeness (QED) is 0.323. The molecule has 10 heteroatoms. The summed E-state index contributed by atoms with van der Waals surface area (Å²) >= 11 is 0. The van der Waals surface area contributed by atoms with Crippen LogP contribution in [-0.2, 0) is 11.3 Å². The van der Waals surface area contributed by atoms with Crippen LogP contribution in [0.15, 0.2) is 67.1 Å². The maximum atomic E-state index is 13.9. The Balaban J connectivity index is 1.34. The van der Waals surface area contributed by atoms with Gasteiger partial charge in [0, 0.05) is 44.5 Å². The summed E-state index contributed by atoms with van der Waals surface area (Å²) in [5.41, 5.74) is 9.24. The highest BCUT2D eigenvalue weighted by Crippen LogP contribution is 2.43. The Morgan fingerprint density at radius 2 is 1.62 bits per heavy atom. The van der Waals surface area contributed by atoms with Gasteiger partial charge in [0.05, 0.1) is 23.9 Å². The van der Waals surface area contributed by atoms with Crippen molar-refractivity contribution in [3.8, 4) is 5.75 Å². The molecule has 2 fully saturated rings. The van der Waals surface area contributed by atoms with E-state index in [2.05, 4.69) is 31.4 Å². The number of methoxy groups -OCH3 is 1. The number of carbonyl (C=O) groups excluding carboxylic acids is 1. The number of piperazine rings is 1. The molecule has 1 aliphatic heterocycles. The van der Waals surface area contributed by atoms with Crippen LogP contribution in [-0.4, -0.2) is 76.8 Å². The molecule has 0 unspecified atom stereocenters. The van der Waals surface area contributed by atoms with Crippen molar-refractivity contribution in [3.63, 3.8) is 0 Å². The van der Waals surface area contributed by atoms with Crippen molar-refractivity contribution >= 4 is 34.3 Å². The fraction of sp³-hybridized carbons (Fsp3) is 0.406. The predicted octanol–water partition coefficient (Wildman–Crippen LogP) is 5.23. The highest BCUT2D eigenvalue weighted by Gasteiger charge is 2.33. The number of ether oxygens (including phenoxy) is 2. The molecule has 0 bridgehead atoms. The largest absolute Gasteiger partial charge is 0.495 e. The first-order chi connectivity index (χ1) is 20.5. The zero-order valence-corrected chi connectivity index (χ0v) is 24.4. The van der Waals surface area contributed by atoms with E-state index >= 15 is 0 Å². The van der Waals surface area contributed by atoms with Crippen LogP contribution in [0, 0.1) is 0 Å². The number of carbonyl (C=O) groups is 1. The Morgan fingerprint density at radius 3 is 2.36 bits per heavy atom. The van der Waals surface area contributed by atoms with Gasteiger partial charge in [0.15, 0.2) is 0 Å². The highest BCUT2D eigenvalue weighted by molar-refractivity contribution is 6.09. The first kappa shape index (κ1) is 28.0. The van der Waals surface area contributed by atoms with Gasteiger partial charge in [-0.25, -0.2) is 19.7 Å². The maximum Gasteiger partial charge on any atom is 0.419 e. The number of nitrogens with two attached hydrogens (primary N) is 1. The number of hydrogen-bond acceptors (Lipinski definition) is 8. The lowest BCUT2D eigenvalue weighted by atomic mass is 9.89. The Kier molecular flexibility index (Phi) is 8.25. The van der Waals surface area contributed by atoms with Crippen molar-refractivity contribution in [1.29, 1.82) is 0 Å². The molecule has 10 nitrogen and oxygen atoms in total. The van der Waals surface area contributed by atoms with E-state index in [9.17, 15) is 4.79 Å². The van der Waals surface area contributed by atoms with Crippen LogP contribution < -0.4 is 15.4 Å². The summed E-state index contributed by atoms with van der Waals surface area (Å²) in [5.74, 6) is 0.855. The molecule has 1 aliphatic carbocycles. The first-order valence-electron chi connectivity index (χ1n) is 14.7. The Bertz CT molecular complexity index is 1510. The van der Waals surface area contributed by atoms with Crippen LogP contribution in [0.3, 0.4) is 0 Å². The van der Waals surface area contributed by atoms with Gasteiger partial charge in [0.1, 0.15) is 30.1 Å². The van der Waals surface area contributed by atoms with Crippen LogP contribution in [0.25, 0.3) is 11.0 Å². The fourth-order valence-electron chi connectivity index (χ4n) is 6.35. The number of para-hydroxylation sites is 2. The van der Waals surface area contributed by atoms with Gasteiger partial charge in [0.25, 0.3) is 0 Å². The zero-order valence-electron chi connectivity index (χ0n) is 24.4. The topological polar surface area (TPSA) is 102 Å². The number of amides is 1. The third kappa shape index (κ3) is 5.64. The molecule has 2 aromatic heterocycles. The number of nitrogens with zero attached hydrogens (tertiary/aromatic N) is 6. The third-order valence-corrected chi connectivity index (χ3v) is 8.69. The lowest BCUT2D eigenvalue weighted by Gasteiger charge is -2.41. The van der Waals surface area contributed by atoms with Gasteiger partial charge in [-0.1, -0.05) is 42.5 Å². The number of nitrogen functional groups attached to an aromatic ring is 1. The third-order valence-electron chi connectivity index (χ3n) is 8.69. The minimum absolute atomic E-state index is 0.131. The second-order valence-electron chi connectivity index (χ2n) is 11.2. The lowest BCUT2D eigenvalue weighted by Crippen LogP contribution is -2.49. The summed E-state index contributed by atoms with van der Waals surface area (Å²) in [7, 11) is 3.79. The minimum atomic E-state index is -0.538. The molecule has 2 N–H and O–H groups in total. The van der Waals surface area contributed by atoms with Gasteiger partial charge in [-0.3, -0.25) is 4.90 Å². The van der Waals surface area contributed by atoms with E-state index in [1.807, 2.05) is 60.8 Å². The number of hydrogen-bond donors (Lipinski definition) is 1. The van der Waals surface area contributed by atoms with E-state index in [1.165, 1.54) is 11.2 Å². The number of fused-ring (bicyclic) bond motifs is 1. The van der Waals surface area contributed by atoms with Crippen LogP contribution in [0.5, 0.6) is 5.75 Å². The average Bonchev–Trinajstić information content (AvgIpc) is 3.42. The van der Waals surface area contributed by atoms with E-state index in [0.29, 0.717) is 34.4 Å². The molecule has 6 rings (SSSR count). The Labute approximate surface area is 246 Å². The normalized spacial score (nSPS) is 20.0. The van der Waals surface area contributed by atoms with Crippen molar-refractivity contribution in [2.45, 2.75) is 44.4 Å². The van der Waals surface area contributed by atoms with Crippen LogP contribution in [0.2, 0.25) is 0 Å². The maximum absolute atomic E-state index is 13.9. The second kappa shape index (κ2) is 12.4. The average molecular weight is 570 g/mol. The molecule has 2 aromatic carbocycles. The number of likely N-dealkylation sites (N-methyl/N-ethyl adjacent to an activating group) is 1. The summed E-state index contributed by atoms with van der Waals surface area (Å²) in [6.07, 6.45) is 7.25. The molecule has 0 spiro atoms. The molecular formula is C32H39N7O3. The van der Waals surface area contributed by atoms with Crippen molar-refractivity contribution in [2.75, 3.05) is 51.0 Å². The van der Waals surface area contributed by atoms with Crippen molar-refractivity contribution < 1.29 is 14.3 Å². The van der Waals surface area contributed by atoms with Gasteiger partial charge in [-0.15, -0.1) is 0 Å². The van der Waals surface area contributed by atoms with Gasteiger partial charge in [-0.2, -0.15) is 0 Å². The summed E-state index contributed by atoms with van der Waals surface area (Å²) in [4.78, 5) is 29.5. The molecule has 1 amide bonds. The number of anilines is 3. The van der Waals surface area contributed by atoms with Gasteiger partial charge in [0.2, 0.25) is 0 Å². The highest BCUT2D eigenvalue weighted by atomic mass is 16.6. The molecule has 0 radical (unpaired) electrons. The SMILES string of the molecule is COc1ccccc1N(C(=O)OCc1ccccc1)c1cn(C2CCC(N3CCN(C)CC3)CC2)c2ncnc(N)c12. The van der Waals surface area contributed by atoms with E-state index < -0.39 is 6.09 Å². The summed E-state index contributed by atoms with van der Waals surface area (Å²) in [5, 5.41) is 0.626. The monoisotopic (exact) mass is 569 g/mol. The van der Waals surface area contributed by atoms with Crippen LogP contribution in [0.4, 0.5) is 22.0 Å². The molecule has 3 heterocycles. The van der Waals surface area contributed by atoms with E-state index in [0.717, 1.165) is 63.1 Å². The second-order valence-corrected chi connectivity index (χ2v) is 11.2. The van der Waals surface area contributed by atoms with Crippen LogP contribution >= 0.6 is 0 Å². The van der Waals surface area contributed by atoms with E-state index in [4.69, 9.17) is 15.2 Å². The molecule has 1 saturated carbocycles. The first-order valence-corrected chi connectivity index (χ1v) is 14.7. The number of aromatic nitrogens is 3. The summed E-state index contributed by atoms with van der Waals surface area (Å²) in [6, 6.07) is 17.9. The smallest absolute Gasteiger partial charge is 0.419 e. The van der Waals surface area contributed by atoms with Gasteiger partial charge >= 0.3 is 6.09 Å². The van der Waals surface area contributed by atoms with E-state index in [-0.39, 0.29) is 12.6 Å². The van der Waals surface area contributed by atoms with Crippen molar-refractivity contribution in [2.24, 2.45) is 0 Å². The van der Waals surface area contributed by atoms with Crippen molar-refractivity contribution in [3.05, 3.63) is 72.7 Å². The molecule has 2 aliphatic rings. The molecule has 1 saturated heterocycles. The predicted molar refractivity (Wildman–Crippen MR) is 164 cm³/mol. The van der Waals surface area contributed by atoms with Crippen LogP contribution in [0.1, 0.15) is 37.3 Å². The Hall–Kier alpha value is -4.15. The summed E-state index contributed by atoms with van der Waals surface area (Å²) in [6.45, 7) is 4.64. The number of rotatable bonds is 7. The molecule has 42 heavy (non-hydrogen) atoms. The fourth-order valence-corrected chi connectivity index (χ4v) is 6.35. The minimum Gasteiger partial charge on any atom is -0.495 e. The van der Waals surface area contributed by atoms with Gasteiger partial charge < -0.3 is 24.7 Å². The standard InChI is InChI=1S/C32H39N7O3/c1-36-16-18-37(19-17-36)24-12-14-25(15-13-24)38-20-27(29-30(33)34-22-35-31(29)38)39(26-10-6-7-11-28(26)41-2)32(40)42-21-23-8-4-3-5-9-23/h3-11,20,22,24-25H,12-19,21H2,1-2H3,(H2,33,34,35). The van der Waals surface area contributed by atoms with Gasteiger partial charge in [-0.05, 0) is 50.4 Å². The Morgan fingerprint density at radius 1 is 0.929 bits per heavy atom. The van der Waals surface area contributed by atoms with E-state index in [1.54, 1.807) is 7.11 Å².